The van der Waals surface area contributed by atoms with Crippen LogP contribution in [-0.4, -0.2) is 23.8 Å². The van der Waals surface area contributed by atoms with Crippen molar-refractivity contribution in [3.63, 3.8) is 0 Å². The number of methoxy groups -OCH3 is 1. The minimum Gasteiger partial charge on any atom is -0.497 e. The zero-order valence-corrected chi connectivity index (χ0v) is 13.9. The summed E-state index contributed by atoms with van der Waals surface area (Å²) in [5.74, 6) is 1.66. The number of hydrogen-bond donors (Lipinski definition) is 1. The molecular weight excluding hydrogens is 314 g/mol. The average molecular weight is 331 g/mol. The van der Waals surface area contributed by atoms with E-state index in [0.717, 1.165) is 21.9 Å². The van der Waals surface area contributed by atoms with Gasteiger partial charge in [0.15, 0.2) is 0 Å². The monoisotopic (exact) mass is 331 g/mol. The zero-order valence-electron chi connectivity index (χ0n) is 12.2. The second-order valence-corrected chi connectivity index (χ2v) is 7.00. The molecule has 0 spiro atoms. The van der Waals surface area contributed by atoms with Gasteiger partial charge in [-0.05, 0) is 40.8 Å². The maximum Gasteiger partial charge on any atom is 0.123 e. The van der Waals surface area contributed by atoms with Gasteiger partial charge in [0.05, 0.1) is 19.0 Å². The fraction of sp³-hybridized carbons (Fsp3) is 0.235. The molecule has 1 atom stereocenters. The van der Waals surface area contributed by atoms with Crippen LogP contribution in [0.3, 0.4) is 0 Å². The minimum atomic E-state index is 0.0593. The number of fused-ring (bicyclic) bond motifs is 1. The van der Waals surface area contributed by atoms with Gasteiger partial charge < -0.3 is 9.84 Å². The Balaban J connectivity index is 1.69. The summed E-state index contributed by atoms with van der Waals surface area (Å²) in [6, 6.07) is 12.1. The van der Waals surface area contributed by atoms with Crippen molar-refractivity contribution < 1.29 is 9.84 Å². The Morgan fingerprint density at radius 3 is 2.82 bits per heavy atom. The minimum absolute atomic E-state index is 0.0593. The first kappa shape index (κ1) is 15.3. The summed E-state index contributed by atoms with van der Waals surface area (Å²) in [6.07, 6.45) is 1.92. The van der Waals surface area contributed by atoms with E-state index in [4.69, 9.17) is 4.74 Å². The van der Waals surface area contributed by atoms with E-state index < -0.39 is 0 Å². The van der Waals surface area contributed by atoms with E-state index in [1.54, 1.807) is 30.2 Å². The highest BCUT2D eigenvalue weighted by molar-refractivity contribution is 7.98. The van der Waals surface area contributed by atoms with Crippen LogP contribution in [0.5, 0.6) is 5.75 Å². The standard InChI is InChI=1S/C17H17NO2S2/c1-20-15-4-2-13(3-5-15)16(10-19)22-11-12-8-14-6-7-21-17(14)18-9-12/h2-9,16,19H,10-11H2,1H3/t16-/m0/s1. The largest absolute Gasteiger partial charge is 0.497 e. The van der Waals surface area contributed by atoms with Crippen LogP contribution in [0, 0.1) is 0 Å². The fourth-order valence-electron chi connectivity index (χ4n) is 2.25. The van der Waals surface area contributed by atoms with Gasteiger partial charge in [-0.1, -0.05) is 12.1 Å². The fourth-order valence-corrected chi connectivity index (χ4v) is 3.98. The number of aromatic nitrogens is 1. The molecule has 0 saturated carbocycles. The van der Waals surface area contributed by atoms with Crippen molar-refractivity contribution in [3.8, 4) is 5.75 Å². The molecule has 114 valence electrons. The topological polar surface area (TPSA) is 42.4 Å². The van der Waals surface area contributed by atoms with Gasteiger partial charge in [0.25, 0.3) is 0 Å². The highest BCUT2D eigenvalue weighted by atomic mass is 32.2. The van der Waals surface area contributed by atoms with Crippen LogP contribution < -0.4 is 4.74 Å². The summed E-state index contributed by atoms with van der Waals surface area (Å²) in [7, 11) is 1.65. The molecule has 5 heteroatoms. The molecule has 0 bridgehead atoms. The molecule has 0 amide bonds. The van der Waals surface area contributed by atoms with Gasteiger partial charge in [-0.2, -0.15) is 0 Å². The molecule has 3 rings (SSSR count). The Kier molecular flexibility index (Phi) is 4.97. The molecule has 3 nitrogen and oxygen atoms in total. The number of benzene rings is 1. The number of hydrogen-bond acceptors (Lipinski definition) is 5. The van der Waals surface area contributed by atoms with Crippen molar-refractivity contribution in [2.75, 3.05) is 13.7 Å². The van der Waals surface area contributed by atoms with Crippen LogP contribution in [0.1, 0.15) is 16.4 Å². The third-order valence-corrected chi connectivity index (χ3v) is 5.63. The summed E-state index contributed by atoms with van der Waals surface area (Å²) in [5, 5.41) is 13.0. The first-order chi connectivity index (χ1) is 10.8. The summed E-state index contributed by atoms with van der Waals surface area (Å²) in [6.45, 7) is 0.116. The molecule has 0 unspecified atom stereocenters. The van der Waals surface area contributed by atoms with E-state index in [0.29, 0.717) is 0 Å². The number of aliphatic hydroxyl groups excluding tert-OH is 1. The molecule has 1 N–H and O–H groups in total. The molecule has 0 aliphatic carbocycles. The SMILES string of the molecule is COc1ccc([C@H](CO)SCc2cnc3sccc3c2)cc1. The predicted octanol–water partition coefficient (Wildman–Crippen LogP) is 4.27. The Hall–Kier alpha value is -1.56. The van der Waals surface area contributed by atoms with Gasteiger partial charge in [-0.15, -0.1) is 23.1 Å². The number of thiophene rings is 1. The number of thioether (sulfide) groups is 1. The highest BCUT2D eigenvalue weighted by Crippen LogP contribution is 2.32. The summed E-state index contributed by atoms with van der Waals surface area (Å²) >= 11 is 3.38. The smallest absolute Gasteiger partial charge is 0.123 e. The normalized spacial score (nSPS) is 12.5. The molecule has 2 aromatic heterocycles. The molecular formula is C17H17NO2S2. The molecule has 22 heavy (non-hydrogen) atoms. The van der Waals surface area contributed by atoms with Crippen LogP contribution >= 0.6 is 23.1 Å². The Morgan fingerprint density at radius 2 is 2.09 bits per heavy atom. The summed E-state index contributed by atoms with van der Waals surface area (Å²) in [5.41, 5.74) is 2.29. The average Bonchev–Trinajstić information content (AvgIpc) is 3.03. The lowest BCUT2D eigenvalue weighted by atomic mass is 10.1. The van der Waals surface area contributed by atoms with Crippen molar-refractivity contribution in [1.82, 2.24) is 4.98 Å². The first-order valence-corrected chi connectivity index (χ1v) is 8.91. The summed E-state index contributed by atoms with van der Waals surface area (Å²) in [4.78, 5) is 5.54. The highest BCUT2D eigenvalue weighted by Gasteiger charge is 2.12. The van der Waals surface area contributed by atoms with E-state index in [9.17, 15) is 5.11 Å². The number of nitrogens with zero attached hydrogens (tertiary/aromatic N) is 1. The molecule has 0 saturated heterocycles. The Morgan fingerprint density at radius 1 is 1.27 bits per heavy atom. The molecule has 2 heterocycles. The van der Waals surface area contributed by atoms with Gasteiger partial charge in [-0.3, -0.25) is 0 Å². The second kappa shape index (κ2) is 7.13. The van der Waals surface area contributed by atoms with Crippen LogP contribution in [0.2, 0.25) is 0 Å². The van der Waals surface area contributed by atoms with Crippen LogP contribution in [-0.2, 0) is 5.75 Å². The molecule has 0 fully saturated rings. The van der Waals surface area contributed by atoms with Gasteiger partial charge in [0.1, 0.15) is 10.6 Å². The van der Waals surface area contributed by atoms with Crippen molar-refractivity contribution in [2.45, 2.75) is 11.0 Å². The lowest BCUT2D eigenvalue weighted by Gasteiger charge is -2.14. The van der Waals surface area contributed by atoms with Crippen LogP contribution in [0.15, 0.2) is 48.0 Å². The zero-order chi connectivity index (χ0) is 15.4. The lowest BCUT2D eigenvalue weighted by Crippen LogP contribution is -2.00. The Bertz CT molecular complexity index is 740. The van der Waals surface area contributed by atoms with Crippen LogP contribution in [0.25, 0.3) is 10.2 Å². The number of ether oxygens (including phenoxy) is 1. The van der Waals surface area contributed by atoms with Gasteiger partial charge in [-0.25, -0.2) is 4.98 Å². The van der Waals surface area contributed by atoms with Gasteiger partial charge in [0, 0.05) is 17.3 Å². The molecule has 0 aliphatic heterocycles. The van der Waals surface area contributed by atoms with Gasteiger partial charge >= 0.3 is 0 Å². The lowest BCUT2D eigenvalue weighted by molar-refractivity contribution is 0.296. The van der Waals surface area contributed by atoms with E-state index in [1.807, 2.05) is 30.5 Å². The van der Waals surface area contributed by atoms with E-state index in [2.05, 4.69) is 22.5 Å². The van der Waals surface area contributed by atoms with Gasteiger partial charge in [0.2, 0.25) is 0 Å². The number of aliphatic hydroxyl groups is 1. The Labute approximate surface area is 138 Å². The quantitative estimate of drug-likeness (QED) is 0.732. The van der Waals surface area contributed by atoms with Crippen molar-refractivity contribution in [2.24, 2.45) is 0 Å². The third kappa shape index (κ3) is 3.43. The molecule has 0 radical (unpaired) electrons. The third-order valence-electron chi connectivity index (χ3n) is 3.47. The molecule has 1 aromatic carbocycles. The van der Waals surface area contributed by atoms with E-state index >= 15 is 0 Å². The molecule has 0 aliphatic rings. The maximum absolute atomic E-state index is 9.66. The maximum atomic E-state index is 9.66. The summed E-state index contributed by atoms with van der Waals surface area (Å²) < 4.78 is 5.17. The van der Waals surface area contributed by atoms with E-state index in [1.165, 1.54) is 10.9 Å². The molecule has 3 aromatic rings. The predicted molar refractivity (Wildman–Crippen MR) is 93.7 cm³/mol. The second-order valence-electron chi connectivity index (χ2n) is 4.91. The van der Waals surface area contributed by atoms with Crippen molar-refractivity contribution >= 4 is 33.3 Å². The first-order valence-electron chi connectivity index (χ1n) is 6.98. The number of pyridine rings is 1. The van der Waals surface area contributed by atoms with Crippen molar-refractivity contribution in [1.29, 1.82) is 0 Å². The van der Waals surface area contributed by atoms with E-state index in [-0.39, 0.29) is 11.9 Å². The van der Waals surface area contributed by atoms with Crippen molar-refractivity contribution in [3.05, 3.63) is 59.1 Å². The van der Waals surface area contributed by atoms with Crippen LogP contribution in [0.4, 0.5) is 0 Å². The number of rotatable bonds is 6.